The molecule has 0 saturated carbocycles. The minimum Gasteiger partial charge on any atom is -0.497 e. The second-order valence-electron chi connectivity index (χ2n) is 6.82. The molecule has 0 heterocycles. The first-order valence-corrected chi connectivity index (χ1v) is 9.53. The van der Waals surface area contributed by atoms with E-state index in [-0.39, 0.29) is 18.3 Å². The van der Waals surface area contributed by atoms with Crippen LogP contribution in [0, 0.1) is 10.8 Å². The number of carbonyl (C=O) groups excluding carboxylic acids is 1. The molecular formula is C22H29N5O2. The van der Waals surface area contributed by atoms with Gasteiger partial charge in [0.1, 0.15) is 17.4 Å². The summed E-state index contributed by atoms with van der Waals surface area (Å²) in [6.45, 7) is 1.98. The summed E-state index contributed by atoms with van der Waals surface area (Å²) in [6, 6.07) is 16.8. The average molecular weight is 396 g/mol. The predicted octanol–water partition coefficient (Wildman–Crippen LogP) is 2.55. The van der Waals surface area contributed by atoms with Crippen LogP contribution in [-0.2, 0) is 17.8 Å². The van der Waals surface area contributed by atoms with Gasteiger partial charge in [0.25, 0.3) is 0 Å². The highest BCUT2D eigenvalue weighted by molar-refractivity contribution is 6.00. The maximum atomic E-state index is 11.8. The minimum atomic E-state index is -0.643. The molecule has 0 bridgehead atoms. The van der Waals surface area contributed by atoms with Gasteiger partial charge in [-0.1, -0.05) is 42.5 Å². The van der Waals surface area contributed by atoms with E-state index < -0.39 is 6.04 Å². The molecule has 2 rings (SSSR count). The van der Waals surface area contributed by atoms with Gasteiger partial charge >= 0.3 is 0 Å². The Bertz CT molecular complexity index is 819. The zero-order valence-corrected chi connectivity index (χ0v) is 16.9. The first-order chi connectivity index (χ1) is 13.9. The Kier molecular flexibility index (Phi) is 8.36. The van der Waals surface area contributed by atoms with Gasteiger partial charge in [-0.2, -0.15) is 0 Å². The van der Waals surface area contributed by atoms with Gasteiger partial charge in [-0.3, -0.25) is 15.6 Å². The summed E-state index contributed by atoms with van der Waals surface area (Å²) < 4.78 is 5.19. The molecule has 0 aliphatic rings. The smallest absolute Gasteiger partial charge is 0.237 e. The van der Waals surface area contributed by atoms with Crippen molar-refractivity contribution >= 4 is 17.6 Å². The lowest BCUT2D eigenvalue weighted by Crippen LogP contribution is -2.46. The highest BCUT2D eigenvalue weighted by atomic mass is 16.5. The van der Waals surface area contributed by atoms with E-state index in [0.717, 1.165) is 16.9 Å². The summed E-state index contributed by atoms with van der Waals surface area (Å²) in [5.41, 5.74) is 7.65. The molecule has 2 aromatic carbocycles. The van der Waals surface area contributed by atoms with E-state index in [0.29, 0.717) is 25.2 Å². The molecule has 1 unspecified atom stereocenters. The molecule has 0 aliphatic carbocycles. The second kappa shape index (κ2) is 11.0. The Morgan fingerprint density at radius 3 is 2.31 bits per heavy atom. The number of aryl methyl sites for hydroxylation is 1. The summed E-state index contributed by atoms with van der Waals surface area (Å²) in [6.07, 6.45) is 1.20. The Morgan fingerprint density at radius 1 is 1.07 bits per heavy atom. The van der Waals surface area contributed by atoms with Crippen LogP contribution < -0.4 is 15.8 Å². The van der Waals surface area contributed by atoms with Gasteiger partial charge in [0.05, 0.1) is 26.2 Å². The van der Waals surface area contributed by atoms with Gasteiger partial charge in [0, 0.05) is 6.42 Å². The van der Waals surface area contributed by atoms with Crippen molar-refractivity contribution in [3.63, 3.8) is 0 Å². The van der Waals surface area contributed by atoms with Gasteiger partial charge < -0.3 is 20.7 Å². The molecule has 154 valence electrons. The third-order valence-corrected chi connectivity index (χ3v) is 4.49. The van der Waals surface area contributed by atoms with E-state index in [4.69, 9.17) is 21.3 Å². The molecule has 1 atom stereocenters. The molecule has 0 aromatic heterocycles. The molecule has 0 fully saturated rings. The van der Waals surface area contributed by atoms with Gasteiger partial charge in [-0.25, -0.2) is 0 Å². The van der Waals surface area contributed by atoms with Crippen molar-refractivity contribution in [3.05, 3.63) is 65.7 Å². The molecule has 0 radical (unpaired) electrons. The quantitative estimate of drug-likeness (QED) is 0.386. The Morgan fingerprint density at radius 2 is 1.72 bits per heavy atom. The summed E-state index contributed by atoms with van der Waals surface area (Å²) in [4.78, 5) is 13.4. The van der Waals surface area contributed by atoms with Crippen molar-refractivity contribution in [2.24, 2.45) is 5.73 Å². The highest BCUT2D eigenvalue weighted by Crippen LogP contribution is 2.14. The molecule has 2 aromatic rings. The van der Waals surface area contributed by atoms with Crippen molar-refractivity contribution in [2.75, 3.05) is 13.7 Å². The van der Waals surface area contributed by atoms with Crippen molar-refractivity contribution in [3.8, 4) is 5.75 Å². The third-order valence-electron chi connectivity index (χ3n) is 4.49. The van der Waals surface area contributed by atoms with Crippen LogP contribution in [0.4, 0.5) is 0 Å². The monoisotopic (exact) mass is 395 g/mol. The summed E-state index contributed by atoms with van der Waals surface area (Å²) >= 11 is 0. The molecular weight excluding hydrogens is 366 g/mol. The van der Waals surface area contributed by atoms with E-state index in [1.165, 1.54) is 0 Å². The van der Waals surface area contributed by atoms with E-state index in [9.17, 15) is 4.79 Å². The van der Waals surface area contributed by atoms with Gasteiger partial charge in [-0.15, -0.1) is 0 Å². The Balaban J connectivity index is 2.08. The molecule has 7 heteroatoms. The van der Waals surface area contributed by atoms with Crippen LogP contribution in [0.3, 0.4) is 0 Å². The standard InChI is InChI=1S/C22H29N5O2/c1-16(23)22(28)26-14-21(25)27(15-18-8-11-19(29-2)12-9-18)20(24)13-10-17-6-4-3-5-7-17/h3-9,11-12,16,24-25H,10,13-15,23H2,1-2H3,(H,26,28). The molecule has 5 N–H and O–H groups in total. The van der Waals surface area contributed by atoms with Gasteiger partial charge in [-0.05, 0) is 36.6 Å². The van der Waals surface area contributed by atoms with Crippen LogP contribution in [0.1, 0.15) is 24.5 Å². The number of nitrogens with two attached hydrogens (primary N) is 1. The lowest BCUT2D eigenvalue weighted by Gasteiger charge is -2.26. The van der Waals surface area contributed by atoms with Crippen LogP contribution in [-0.4, -0.2) is 42.2 Å². The Labute approximate surface area is 171 Å². The van der Waals surface area contributed by atoms with Crippen molar-refractivity contribution < 1.29 is 9.53 Å². The first kappa shape index (κ1) is 22.1. The zero-order chi connectivity index (χ0) is 21.2. The third kappa shape index (κ3) is 7.04. The van der Waals surface area contributed by atoms with Crippen LogP contribution in [0.2, 0.25) is 0 Å². The topological polar surface area (TPSA) is 115 Å². The zero-order valence-electron chi connectivity index (χ0n) is 16.9. The van der Waals surface area contributed by atoms with E-state index in [2.05, 4.69) is 5.32 Å². The lowest BCUT2D eigenvalue weighted by molar-refractivity contribution is -0.121. The maximum Gasteiger partial charge on any atom is 0.237 e. The number of ether oxygens (including phenoxy) is 1. The number of rotatable bonds is 9. The fraction of sp³-hybridized carbons (Fsp3) is 0.318. The molecule has 0 spiro atoms. The van der Waals surface area contributed by atoms with Crippen molar-refractivity contribution in [1.29, 1.82) is 10.8 Å². The second-order valence-corrected chi connectivity index (χ2v) is 6.82. The van der Waals surface area contributed by atoms with Gasteiger partial charge in [0.15, 0.2) is 0 Å². The number of nitrogens with one attached hydrogen (secondary N) is 3. The summed E-state index contributed by atoms with van der Waals surface area (Å²) in [7, 11) is 1.61. The predicted molar refractivity (Wildman–Crippen MR) is 115 cm³/mol. The van der Waals surface area contributed by atoms with Crippen LogP contribution in [0.15, 0.2) is 54.6 Å². The molecule has 1 amide bonds. The van der Waals surface area contributed by atoms with E-state index >= 15 is 0 Å². The summed E-state index contributed by atoms with van der Waals surface area (Å²) in [5.74, 6) is 0.895. The first-order valence-electron chi connectivity index (χ1n) is 9.53. The van der Waals surface area contributed by atoms with E-state index in [1.54, 1.807) is 18.9 Å². The number of hydrogen-bond acceptors (Lipinski definition) is 5. The van der Waals surface area contributed by atoms with Gasteiger partial charge in [0.2, 0.25) is 5.91 Å². The average Bonchev–Trinajstić information content (AvgIpc) is 2.74. The largest absolute Gasteiger partial charge is 0.497 e. The number of methoxy groups -OCH3 is 1. The fourth-order valence-electron chi connectivity index (χ4n) is 2.74. The number of amidine groups is 2. The fourth-order valence-corrected chi connectivity index (χ4v) is 2.74. The van der Waals surface area contributed by atoms with Crippen LogP contribution in [0.5, 0.6) is 5.75 Å². The molecule has 7 nitrogen and oxygen atoms in total. The number of hydrogen-bond donors (Lipinski definition) is 4. The summed E-state index contributed by atoms with van der Waals surface area (Å²) in [5, 5.41) is 19.6. The van der Waals surface area contributed by atoms with Crippen LogP contribution >= 0.6 is 0 Å². The number of amides is 1. The highest BCUT2D eigenvalue weighted by Gasteiger charge is 2.17. The Hall–Kier alpha value is -3.19. The molecule has 29 heavy (non-hydrogen) atoms. The van der Waals surface area contributed by atoms with Crippen molar-refractivity contribution in [2.45, 2.75) is 32.4 Å². The van der Waals surface area contributed by atoms with Crippen LogP contribution in [0.25, 0.3) is 0 Å². The number of benzene rings is 2. The molecule has 0 saturated heterocycles. The maximum absolute atomic E-state index is 11.8. The number of carbonyl (C=O) groups is 1. The number of nitrogens with zero attached hydrogens (tertiary/aromatic N) is 1. The SMILES string of the molecule is COc1ccc(CN(C(=N)CCc2ccccc2)C(=N)CNC(=O)C(C)N)cc1. The minimum absolute atomic E-state index is 0.0181. The normalized spacial score (nSPS) is 11.4. The van der Waals surface area contributed by atoms with Crippen molar-refractivity contribution in [1.82, 2.24) is 10.2 Å². The lowest BCUT2D eigenvalue weighted by atomic mass is 10.1. The van der Waals surface area contributed by atoms with E-state index in [1.807, 2.05) is 54.6 Å². The molecule has 0 aliphatic heterocycles.